The van der Waals surface area contributed by atoms with Crippen LogP contribution in [0, 0.1) is 11.3 Å². The van der Waals surface area contributed by atoms with Crippen LogP contribution in [0.15, 0.2) is 59.4 Å². The summed E-state index contributed by atoms with van der Waals surface area (Å²) in [6.45, 7) is 0. The van der Waals surface area contributed by atoms with Crippen molar-refractivity contribution in [3.8, 4) is 17.5 Å². The molecule has 2 aromatic carbocycles. The van der Waals surface area contributed by atoms with Crippen LogP contribution in [-0.2, 0) is 4.79 Å². The number of nitrogens with one attached hydrogen (secondary N) is 1. The first-order chi connectivity index (χ1) is 13.6. The van der Waals surface area contributed by atoms with Gasteiger partial charge in [0.2, 0.25) is 0 Å². The number of carbonyl (C=O) groups is 1. The van der Waals surface area contributed by atoms with E-state index >= 15 is 0 Å². The molecule has 140 valence electrons. The number of aromatic nitrogens is 1. The number of hydrogen-bond acceptors (Lipinski definition) is 5. The molecule has 6 nitrogen and oxygen atoms in total. The zero-order chi connectivity index (χ0) is 20.1. The Bertz CT molecular complexity index is 1230. The number of thiazole rings is 1. The summed E-state index contributed by atoms with van der Waals surface area (Å²) in [6.07, 6.45) is 1.72. The molecular formula is C21H17N3O3S. The third kappa shape index (κ3) is 3.72. The third-order valence-electron chi connectivity index (χ3n) is 4.01. The molecule has 0 aliphatic heterocycles. The average Bonchev–Trinajstić information content (AvgIpc) is 3.04. The van der Waals surface area contributed by atoms with Crippen LogP contribution in [-0.4, -0.2) is 24.6 Å². The lowest BCUT2D eigenvalue weighted by atomic mass is 10.2. The minimum atomic E-state index is -0.540. The fourth-order valence-electron chi connectivity index (χ4n) is 2.66. The van der Waals surface area contributed by atoms with Crippen LogP contribution in [0.2, 0.25) is 0 Å². The maximum absolute atomic E-state index is 13.1. The first-order valence-electron chi connectivity index (χ1n) is 8.38. The van der Waals surface area contributed by atoms with Crippen molar-refractivity contribution in [2.75, 3.05) is 14.2 Å². The predicted octanol–water partition coefficient (Wildman–Crippen LogP) is 1.16. The van der Waals surface area contributed by atoms with Crippen molar-refractivity contribution in [1.82, 2.24) is 9.88 Å². The van der Waals surface area contributed by atoms with E-state index in [1.165, 1.54) is 11.6 Å². The number of carbonyl (C=O) groups excluding carboxylic acids is 1. The molecule has 3 aromatic rings. The number of para-hydroxylation sites is 1. The van der Waals surface area contributed by atoms with Crippen LogP contribution in [0.5, 0.6) is 5.75 Å². The van der Waals surface area contributed by atoms with Crippen molar-refractivity contribution in [3.05, 3.63) is 79.7 Å². The maximum Gasteiger partial charge on any atom is 0.273 e. The molecule has 3 rings (SSSR count). The lowest BCUT2D eigenvalue weighted by Crippen LogP contribution is -2.33. The Hall–Kier alpha value is -3.63. The second-order valence-electron chi connectivity index (χ2n) is 5.73. The Morgan fingerprint density at radius 3 is 2.61 bits per heavy atom. The highest BCUT2D eigenvalue weighted by Crippen LogP contribution is 2.13. The molecule has 0 saturated heterocycles. The van der Waals surface area contributed by atoms with Crippen LogP contribution < -0.4 is 24.8 Å². The highest BCUT2D eigenvalue weighted by Gasteiger charge is 2.15. The molecule has 0 radical (unpaired) electrons. The number of amides is 1. The summed E-state index contributed by atoms with van der Waals surface area (Å²) in [5, 5.41) is 12.0. The molecule has 1 heterocycles. The van der Waals surface area contributed by atoms with Crippen molar-refractivity contribution < 1.29 is 9.53 Å². The second-order valence-corrected chi connectivity index (χ2v) is 6.77. The van der Waals surface area contributed by atoms with Crippen molar-refractivity contribution in [1.29, 1.82) is 5.26 Å². The Labute approximate surface area is 165 Å². The Morgan fingerprint density at radius 2 is 1.96 bits per heavy atom. The minimum absolute atomic E-state index is 0.112. The number of nitriles is 1. The lowest BCUT2D eigenvalue weighted by Gasteiger charge is -2.03. The molecule has 7 heteroatoms. The molecule has 28 heavy (non-hydrogen) atoms. The van der Waals surface area contributed by atoms with Gasteiger partial charge in [-0.1, -0.05) is 30.3 Å². The molecule has 0 bridgehead atoms. The van der Waals surface area contributed by atoms with Gasteiger partial charge in [-0.15, -0.1) is 11.3 Å². The van der Waals surface area contributed by atoms with Crippen molar-refractivity contribution >= 4 is 28.9 Å². The summed E-state index contributed by atoms with van der Waals surface area (Å²) in [6, 6.07) is 18.1. The van der Waals surface area contributed by atoms with Crippen molar-refractivity contribution in [2.45, 2.75) is 0 Å². The molecule has 0 unspecified atom stereocenters. The van der Waals surface area contributed by atoms with Crippen LogP contribution in [0.1, 0.15) is 5.56 Å². The normalized spacial score (nSPS) is 12.2. The zero-order valence-electron chi connectivity index (χ0n) is 15.3. The van der Waals surface area contributed by atoms with Crippen LogP contribution in [0.4, 0.5) is 0 Å². The van der Waals surface area contributed by atoms with E-state index < -0.39 is 5.91 Å². The van der Waals surface area contributed by atoms with E-state index in [0.717, 1.165) is 16.9 Å². The van der Waals surface area contributed by atoms with Crippen molar-refractivity contribution in [3.63, 3.8) is 0 Å². The summed E-state index contributed by atoms with van der Waals surface area (Å²) in [5.74, 6) is 0.130. The van der Waals surface area contributed by atoms with Crippen molar-refractivity contribution in [2.24, 2.45) is 0 Å². The van der Waals surface area contributed by atoms with E-state index in [1.54, 1.807) is 43.5 Å². The van der Waals surface area contributed by atoms with Gasteiger partial charge in [-0.3, -0.25) is 14.2 Å². The highest BCUT2D eigenvalue weighted by molar-refractivity contribution is 7.07. The molecule has 0 spiro atoms. The second kappa shape index (κ2) is 8.37. The molecule has 0 aliphatic rings. The van der Waals surface area contributed by atoms with Gasteiger partial charge in [0, 0.05) is 7.05 Å². The molecule has 1 amide bonds. The molecular weight excluding hydrogens is 374 g/mol. The van der Waals surface area contributed by atoms with Gasteiger partial charge < -0.3 is 10.1 Å². The zero-order valence-corrected chi connectivity index (χ0v) is 16.1. The number of hydrogen-bond donors (Lipinski definition) is 1. The highest BCUT2D eigenvalue weighted by atomic mass is 32.1. The summed E-state index contributed by atoms with van der Waals surface area (Å²) in [5.41, 5.74) is 0.952. The number of benzene rings is 2. The summed E-state index contributed by atoms with van der Waals surface area (Å²) in [7, 11) is 3.02. The quantitative estimate of drug-likeness (QED) is 0.723. The van der Waals surface area contributed by atoms with E-state index in [0.29, 0.717) is 16.0 Å². The topological polar surface area (TPSA) is 84.1 Å². The first-order valence-corrected chi connectivity index (χ1v) is 9.20. The number of ether oxygens (including phenoxy) is 1. The van der Waals surface area contributed by atoms with Crippen LogP contribution in [0.25, 0.3) is 17.3 Å². The van der Waals surface area contributed by atoms with Gasteiger partial charge in [-0.05, 0) is 35.9 Å². The molecule has 1 N–H and O–H groups in total. The Morgan fingerprint density at radius 1 is 1.21 bits per heavy atom. The first kappa shape index (κ1) is 19.1. The van der Waals surface area contributed by atoms with Gasteiger partial charge >= 0.3 is 0 Å². The monoisotopic (exact) mass is 391 g/mol. The smallest absolute Gasteiger partial charge is 0.273 e. The maximum atomic E-state index is 13.1. The van der Waals surface area contributed by atoms with E-state index in [1.807, 2.05) is 30.3 Å². The molecule has 0 fully saturated rings. The largest absolute Gasteiger partial charge is 0.497 e. The third-order valence-corrected chi connectivity index (χ3v) is 5.10. The van der Waals surface area contributed by atoms with Gasteiger partial charge in [0.15, 0.2) is 5.57 Å². The van der Waals surface area contributed by atoms with Crippen LogP contribution >= 0.6 is 11.3 Å². The predicted molar refractivity (Wildman–Crippen MR) is 109 cm³/mol. The standard InChI is InChI=1S/C21H17N3O3S/c1-23-19(25)17(13-22)21-24(15-8-4-3-5-9-15)20(26)18(28-21)12-14-7-6-10-16(11-14)27-2/h3-12H,1-2H3,(H,23,25)/b18-12+,21-17+. The molecule has 0 aliphatic carbocycles. The van der Waals surface area contributed by atoms with E-state index in [-0.39, 0.29) is 15.8 Å². The Balaban J connectivity index is 2.38. The fraction of sp³-hybridized carbons (Fsp3) is 0.0952. The van der Waals surface area contributed by atoms with E-state index in [9.17, 15) is 14.9 Å². The molecule has 0 atom stereocenters. The minimum Gasteiger partial charge on any atom is -0.497 e. The number of rotatable bonds is 4. The van der Waals surface area contributed by atoms with Gasteiger partial charge in [0.05, 0.1) is 17.3 Å². The van der Waals surface area contributed by atoms with Gasteiger partial charge in [0.1, 0.15) is 16.5 Å². The van der Waals surface area contributed by atoms with E-state index in [4.69, 9.17) is 4.74 Å². The van der Waals surface area contributed by atoms with Crippen LogP contribution in [0.3, 0.4) is 0 Å². The summed E-state index contributed by atoms with van der Waals surface area (Å²) in [4.78, 5) is 25.3. The van der Waals surface area contributed by atoms with E-state index in [2.05, 4.69) is 5.32 Å². The number of nitrogens with zero attached hydrogens (tertiary/aromatic N) is 2. The number of methoxy groups -OCH3 is 1. The lowest BCUT2D eigenvalue weighted by molar-refractivity contribution is -0.115. The summed E-state index contributed by atoms with van der Waals surface area (Å²) >= 11 is 1.10. The Kier molecular flexibility index (Phi) is 5.72. The average molecular weight is 391 g/mol. The summed E-state index contributed by atoms with van der Waals surface area (Å²) < 4.78 is 7.31. The molecule has 0 saturated carbocycles. The van der Waals surface area contributed by atoms with Gasteiger partial charge in [0.25, 0.3) is 11.5 Å². The van der Waals surface area contributed by atoms with Gasteiger partial charge in [-0.25, -0.2) is 0 Å². The molecule has 1 aromatic heterocycles. The van der Waals surface area contributed by atoms with Gasteiger partial charge in [-0.2, -0.15) is 5.26 Å². The SMILES string of the molecule is CNC(=O)/C(C#N)=c1/s/c(=C/c2cccc(OC)c2)c(=O)n1-c1ccccc1. The fourth-order valence-corrected chi connectivity index (χ4v) is 3.77.